The Morgan fingerprint density at radius 1 is 0.375 bits per heavy atom. The lowest BCUT2D eigenvalue weighted by atomic mass is 10.0. The predicted molar refractivity (Wildman–Crippen MR) is 239 cm³/mol. The summed E-state index contributed by atoms with van der Waals surface area (Å²) < 4.78 is 11.2. The zero-order chi connectivity index (χ0) is 36.7. The number of para-hydroxylation sites is 2. The smallest absolute Gasteiger partial charge is 0.135 e. The Morgan fingerprint density at radius 3 is 1.91 bits per heavy atom. The van der Waals surface area contributed by atoms with Crippen molar-refractivity contribution in [2.45, 2.75) is 0 Å². The molecule has 3 aromatic heterocycles. The largest absolute Gasteiger partial charge is 0.456 e. The Balaban J connectivity index is 1.08. The molecule has 4 heteroatoms. The van der Waals surface area contributed by atoms with E-state index in [9.17, 15) is 0 Å². The fourth-order valence-electron chi connectivity index (χ4n) is 8.71. The van der Waals surface area contributed by atoms with Crippen molar-refractivity contribution in [3.05, 3.63) is 194 Å². The first-order valence-electron chi connectivity index (χ1n) is 19.0. The van der Waals surface area contributed by atoms with E-state index in [2.05, 4.69) is 191 Å². The van der Waals surface area contributed by atoms with Gasteiger partial charge >= 0.3 is 0 Å². The van der Waals surface area contributed by atoms with Crippen LogP contribution in [0.15, 0.2) is 199 Å². The average Bonchev–Trinajstić information content (AvgIpc) is 3.92. The van der Waals surface area contributed by atoms with Gasteiger partial charge in [-0.2, -0.15) is 0 Å². The molecular formula is C52H32N2OS. The minimum atomic E-state index is 0.909. The van der Waals surface area contributed by atoms with Crippen LogP contribution in [0, 0.1) is 0 Å². The van der Waals surface area contributed by atoms with Crippen LogP contribution < -0.4 is 4.90 Å². The van der Waals surface area contributed by atoms with Crippen molar-refractivity contribution in [2.24, 2.45) is 0 Å². The van der Waals surface area contributed by atoms with Gasteiger partial charge in [0.1, 0.15) is 11.2 Å². The Kier molecular flexibility index (Phi) is 6.80. The number of benzene rings is 9. The van der Waals surface area contributed by atoms with Gasteiger partial charge in [0.05, 0.1) is 11.0 Å². The fraction of sp³-hybridized carbons (Fsp3) is 0. The Bertz CT molecular complexity index is 3500. The molecular weight excluding hydrogens is 701 g/mol. The van der Waals surface area contributed by atoms with E-state index in [0.717, 1.165) is 50.2 Å². The van der Waals surface area contributed by atoms with E-state index in [1.807, 2.05) is 23.5 Å². The van der Waals surface area contributed by atoms with E-state index in [4.69, 9.17) is 4.42 Å². The standard InChI is InChI=1S/C52H32N2OS/c1-2-12-37(13-3-1)54-47-26-19-35(36-20-27-50-46(30-36)42-14-6-8-16-49(42)55-50)29-45(47)41-24-22-39(31-48(41)54)53(38-21-18-33-10-4-5-11-34(33)28-38)40-23-25-44-43-15-7-9-17-51(43)56-52(44)32-40/h1-32H. The fourth-order valence-corrected chi connectivity index (χ4v) is 9.84. The van der Waals surface area contributed by atoms with E-state index in [0.29, 0.717) is 0 Å². The SMILES string of the molecule is c1ccc(-n2c3ccc(-c4ccc5oc6ccccc6c5c4)cc3c3ccc(N(c4ccc5ccccc5c4)c4ccc5c(c4)sc4ccccc45)cc32)cc1. The molecule has 3 heterocycles. The summed E-state index contributed by atoms with van der Waals surface area (Å²) in [4.78, 5) is 2.42. The monoisotopic (exact) mass is 732 g/mol. The van der Waals surface area contributed by atoms with E-state index in [1.54, 1.807) is 0 Å². The normalized spacial score (nSPS) is 11.9. The highest BCUT2D eigenvalue weighted by atomic mass is 32.1. The maximum atomic E-state index is 6.17. The molecule has 262 valence electrons. The molecule has 0 saturated carbocycles. The number of rotatable bonds is 5. The molecule has 0 radical (unpaired) electrons. The molecule has 12 aromatic rings. The highest BCUT2D eigenvalue weighted by molar-refractivity contribution is 7.25. The summed E-state index contributed by atoms with van der Waals surface area (Å²) in [5, 5.41) is 9.75. The summed E-state index contributed by atoms with van der Waals surface area (Å²) in [5.74, 6) is 0. The Hall–Kier alpha value is -7.14. The van der Waals surface area contributed by atoms with Gasteiger partial charge in [-0.3, -0.25) is 0 Å². The molecule has 0 aliphatic heterocycles. The van der Waals surface area contributed by atoms with Gasteiger partial charge in [-0.15, -0.1) is 11.3 Å². The van der Waals surface area contributed by atoms with Gasteiger partial charge in [-0.05, 0) is 107 Å². The quantitative estimate of drug-likeness (QED) is 0.176. The number of hydrogen-bond acceptors (Lipinski definition) is 3. The van der Waals surface area contributed by atoms with Crippen LogP contribution in [0.3, 0.4) is 0 Å². The van der Waals surface area contributed by atoms with Gasteiger partial charge in [0.25, 0.3) is 0 Å². The highest BCUT2D eigenvalue weighted by Gasteiger charge is 2.20. The lowest BCUT2D eigenvalue weighted by Gasteiger charge is -2.26. The molecule has 0 atom stereocenters. The molecule has 0 aliphatic rings. The van der Waals surface area contributed by atoms with E-state index in [1.165, 1.54) is 58.4 Å². The molecule has 9 aromatic carbocycles. The van der Waals surface area contributed by atoms with Gasteiger partial charge in [-0.1, -0.05) is 109 Å². The van der Waals surface area contributed by atoms with Crippen molar-refractivity contribution in [2.75, 3.05) is 4.90 Å². The first kappa shape index (κ1) is 31.2. The minimum Gasteiger partial charge on any atom is -0.456 e. The summed E-state index contributed by atoms with van der Waals surface area (Å²) in [7, 11) is 0. The number of fused-ring (bicyclic) bond motifs is 10. The van der Waals surface area contributed by atoms with Crippen LogP contribution in [0.4, 0.5) is 17.1 Å². The Morgan fingerprint density at radius 2 is 1.02 bits per heavy atom. The number of nitrogens with zero attached hydrogens (tertiary/aromatic N) is 2. The summed E-state index contributed by atoms with van der Waals surface area (Å²) in [5.41, 5.74) is 11.0. The second kappa shape index (κ2) is 12.2. The second-order valence-electron chi connectivity index (χ2n) is 14.6. The third kappa shape index (κ3) is 4.83. The molecule has 0 unspecified atom stereocenters. The summed E-state index contributed by atoms with van der Waals surface area (Å²) in [6, 6.07) is 70.5. The van der Waals surface area contributed by atoms with Gasteiger partial charge in [0, 0.05) is 64.5 Å². The molecule has 56 heavy (non-hydrogen) atoms. The van der Waals surface area contributed by atoms with Crippen molar-refractivity contribution in [3.63, 3.8) is 0 Å². The number of anilines is 3. The zero-order valence-corrected chi connectivity index (χ0v) is 31.0. The van der Waals surface area contributed by atoms with Crippen LogP contribution >= 0.6 is 11.3 Å². The molecule has 0 N–H and O–H groups in total. The predicted octanol–water partition coefficient (Wildman–Crippen LogP) is 15.3. The number of thiophene rings is 1. The van der Waals surface area contributed by atoms with Crippen LogP contribution in [-0.4, -0.2) is 4.57 Å². The number of furan rings is 1. The molecule has 0 saturated heterocycles. The highest BCUT2D eigenvalue weighted by Crippen LogP contribution is 2.44. The molecule has 0 aliphatic carbocycles. The van der Waals surface area contributed by atoms with Crippen LogP contribution in [0.5, 0.6) is 0 Å². The molecule has 0 fully saturated rings. The Labute approximate surface area is 326 Å². The maximum Gasteiger partial charge on any atom is 0.135 e. The average molecular weight is 733 g/mol. The van der Waals surface area contributed by atoms with Gasteiger partial charge < -0.3 is 13.9 Å². The molecule has 12 rings (SSSR count). The molecule has 0 bridgehead atoms. The summed E-state index contributed by atoms with van der Waals surface area (Å²) in [6.45, 7) is 0. The molecule has 0 amide bonds. The van der Waals surface area contributed by atoms with Crippen molar-refractivity contribution in [3.8, 4) is 16.8 Å². The van der Waals surface area contributed by atoms with Crippen LogP contribution in [-0.2, 0) is 0 Å². The number of hydrogen-bond donors (Lipinski definition) is 0. The molecule has 3 nitrogen and oxygen atoms in total. The van der Waals surface area contributed by atoms with Crippen LogP contribution in [0.2, 0.25) is 0 Å². The van der Waals surface area contributed by atoms with Crippen LogP contribution in [0.25, 0.3) is 91.5 Å². The third-order valence-corrected chi connectivity index (χ3v) is 12.5. The van der Waals surface area contributed by atoms with Crippen molar-refractivity contribution in [1.82, 2.24) is 4.57 Å². The summed E-state index contributed by atoms with van der Waals surface area (Å²) >= 11 is 1.86. The third-order valence-electron chi connectivity index (χ3n) is 11.3. The van der Waals surface area contributed by atoms with Gasteiger partial charge in [-0.25, -0.2) is 0 Å². The maximum absolute atomic E-state index is 6.17. The van der Waals surface area contributed by atoms with Crippen molar-refractivity contribution < 1.29 is 4.42 Å². The van der Waals surface area contributed by atoms with Gasteiger partial charge in [0.15, 0.2) is 0 Å². The number of aromatic nitrogens is 1. The van der Waals surface area contributed by atoms with Crippen LogP contribution in [0.1, 0.15) is 0 Å². The van der Waals surface area contributed by atoms with Gasteiger partial charge in [0.2, 0.25) is 0 Å². The van der Waals surface area contributed by atoms with Crippen molar-refractivity contribution in [1.29, 1.82) is 0 Å². The lowest BCUT2D eigenvalue weighted by Crippen LogP contribution is -2.10. The van der Waals surface area contributed by atoms with E-state index >= 15 is 0 Å². The zero-order valence-electron chi connectivity index (χ0n) is 30.2. The van der Waals surface area contributed by atoms with E-state index in [-0.39, 0.29) is 0 Å². The molecule has 0 spiro atoms. The minimum absolute atomic E-state index is 0.909. The topological polar surface area (TPSA) is 21.3 Å². The first-order valence-corrected chi connectivity index (χ1v) is 19.8. The first-order chi connectivity index (χ1) is 27.7. The van der Waals surface area contributed by atoms with Crippen molar-refractivity contribution >= 4 is 103 Å². The van der Waals surface area contributed by atoms with E-state index < -0.39 is 0 Å². The summed E-state index contributed by atoms with van der Waals surface area (Å²) in [6.07, 6.45) is 0. The second-order valence-corrected chi connectivity index (χ2v) is 15.6. The lowest BCUT2D eigenvalue weighted by molar-refractivity contribution is 0.669.